The summed E-state index contributed by atoms with van der Waals surface area (Å²) in [7, 11) is 0.673. The van der Waals surface area contributed by atoms with Crippen LogP contribution in [0.3, 0.4) is 0 Å². The molecule has 25 heavy (non-hydrogen) atoms. The van der Waals surface area contributed by atoms with Gasteiger partial charge in [-0.3, -0.25) is 13.9 Å². The molecule has 1 aromatic heterocycles. The zero-order valence-corrected chi connectivity index (χ0v) is 14.6. The van der Waals surface area contributed by atoms with E-state index in [9.17, 15) is 17.6 Å². The molecule has 0 fully saturated rings. The minimum Gasteiger partial charge on any atom is -0.494 e. The largest absolute Gasteiger partial charge is 0.494 e. The summed E-state index contributed by atoms with van der Waals surface area (Å²) in [5, 5.41) is 0. The smallest absolute Gasteiger partial charge is 0.328 e. The fourth-order valence-electron chi connectivity index (χ4n) is 2.59. The third kappa shape index (κ3) is 2.86. The van der Waals surface area contributed by atoms with E-state index in [-0.39, 0.29) is 22.0 Å². The number of fused-ring (bicyclic) bond motifs is 1. The lowest BCUT2D eigenvalue weighted by Crippen LogP contribution is -2.19. The number of rotatable bonds is 4. The van der Waals surface area contributed by atoms with Gasteiger partial charge in [-0.25, -0.2) is 17.6 Å². The Balaban J connectivity index is 2.13. The lowest BCUT2D eigenvalue weighted by molar-refractivity contribution is 0.417. The Hall–Kier alpha value is -2.81. The van der Waals surface area contributed by atoms with Gasteiger partial charge >= 0.3 is 5.69 Å². The van der Waals surface area contributed by atoms with Crippen LogP contribution in [0.5, 0.6) is 5.75 Å². The number of imidazole rings is 1. The highest BCUT2D eigenvalue weighted by atomic mass is 32.2. The van der Waals surface area contributed by atoms with Gasteiger partial charge < -0.3 is 4.74 Å². The molecule has 3 rings (SSSR count). The van der Waals surface area contributed by atoms with Crippen LogP contribution >= 0.6 is 0 Å². The van der Waals surface area contributed by atoms with Gasteiger partial charge in [-0.15, -0.1) is 0 Å². The lowest BCUT2D eigenvalue weighted by atomic mass is 10.2. The monoisotopic (exact) mass is 365 g/mol. The van der Waals surface area contributed by atoms with Crippen LogP contribution in [0.15, 0.2) is 46.1 Å². The zero-order valence-electron chi connectivity index (χ0n) is 13.8. The number of sulfonamides is 1. The third-order valence-corrected chi connectivity index (χ3v) is 5.34. The van der Waals surface area contributed by atoms with Gasteiger partial charge in [0.1, 0.15) is 11.6 Å². The number of halogens is 1. The van der Waals surface area contributed by atoms with Crippen LogP contribution in [0.4, 0.5) is 10.1 Å². The van der Waals surface area contributed by atoms with Crippen LogP contribution in [0.2, 0.25) is 0 Å². The fraction of sp³-hybridized carbons (Fsp3) is 0.188. The number of nitrogens with one attached hydrogen (secondary N) is 1. The quantitative estimate of drug-likeness (QED) is 0.765. The van der Waals surface area contributed by atoms with Crippen LogP contribution in [0.25, 0.3) is 11.0 Å². The van der Waals surface area contributed by atoms with Gasteiger partial charge in [0.2, 0.25) is 0 Å². The number of aryl methyl sites for hydroxylation is 2. The highest BCUT2D eigenvalue weighted by Gasteiger charge is 2.19. The van der Waals surface area contributed by atoms with Crippen molar-refractivity contribution < 1.29 is 17.5 Å². The van der Waals surface area contributed by atoms with E-state index in [1.54, 1.807) is 20.2 Å². The number of anilines is 1. The van der Waals surface area contributed by atoms with E-state index in [0.717, 1.165) is 12.1 Å². The minimum atomic E-state index is -3.94. The Morgan fingerprint density at radius 2 is 1.60 bits per heavy atom. The van der Waals surface area contributed by atoms with Crippen molar-refractivity contribution in [1.29, 1.82) is 0 Å². The SMILES string of the molecule is COc1cc2c(cc1NS(=O)(=O)c1ccc(F)cc1)n(C)c(=O)n2C. The number of hydrogen-bond acceptors (Lipinski definition) is 4. The van der Waals surface area contributed by atoms with Crippen LogP contribution in [-0.4, -0.2) is 24.7 Å². The number of hydrogen-bond donors (Lipinski definition) is 1. The summed E-state index contributed by atoms with van der Waals surface area (Å²) in [5.74, 6) is -0.267. The van der Waals surface area contributed by atoms with Crippen molar-refractivity contribution in [3.05, 3.63) is 52.7 Å². The van der Waals surface area contributed by atoms with E-state index in [1.165, 1.54) is 34.4 Å². The molecule has 0 radical (unpaired) electrons. The zero-order chi connectivity index (χ0) is 18.4. The molecule has 0 spiro atoms. The van der Waals surface area contributed by atoms with Crippen molar-refractivity contribution in [2.75, 3.05) is 11.8 Å². The molecule has 9 heteroatoms. The second-order valence-corrected chi connectivity index (χ2v) is 7.18. The molecule has 7 nitrogen and oxygen atoms in total. The molecule has 3 aromatic rings. The molecular formula is C16H16FN3O4S. The van der Waals surface area contributed by atoms with Crippen molar-refractivity contribution >= 4 is 26.7 Å². The van der Waals surface area contributed by atoms with Gasteiger partial charge in [-0.2, -0.15) is 0 Å². The summed E-state index contributed by atoms with van der Waals surface area (Å²) in [6, 6.07) is 7.57. The molecule has 132 valence electrons. The highest BCUT2D eigenvalue weighted by Crippen LogP contribution is 2.31. The van der Waals surface area contributed by atoms with Crippen molar-refractivity contribution in [3.8, 4) is 5.75 Å². The normalized spacial score (nSPS) is 11.7. The number of ether oxygens (including phenoxy) is 1. The molecule has 0 aliphatic carbocycles. The molecule has 0 unspecified atom stereocenters. The van der Waals surface area contributed by atoms with E-state index in [0.29, 0.717) is 11.0 Å². The van der Waals surface area contributed by atoms with Gasteiger partial charge in [0.15, 0.2) is 0 Å². The first-order chi connectivity index (χ1) is 11.7. The summed E-state index contributed by atoms with van der Waals surface area (Å²) >= 11 is 0. The first-order valence-electron chi connectivity index (χ1n) is 7.26. The number of nitrogens with zero attached hydrogens (tertiary/aromatic N) is 2. The summed E-state index contributed by atoms with van der Waals surface area (Å²) in [5.41, 5.74) is 1.09. The molecule has 0 aliphatic rings. The van der Waals surface area contributed by atoms with Gasteiger partial charge in [-0.05, 0) is 30.3 Å². The molecule has 0 amide bonds. The van der Waals surface area contributed by atoms with E-state index in [2.05, 4.69) is 4.72 Å². The van der Waals surface area contributed by atoms with E-state index in [1.807, 2.05) is 0 Å². The summed E-state index contributed by atoms with van der Waals surface area (Å²) in [6.45, 7) is 0. The predicted molar refractivity (Wildman–Crippen MR) is 91.9 cm³/mol. The van der Waals surface area contributed by atoms with Gasteiger partial charge in [-0.1, -0.05) is 0 Å². The standard InChI is InChI=1S/C16H16FN3O4S/c1-19-13-8-12(15(24-3)9-14(13)20(2)16(19)21)18-25(22,23)11-6-4-10(17)5-7-11/h4-9,18H,1-3H3. The molecule has 1 N–H and O–H groups in total. The first kappa shape index (κ1) is 17.0. The second-order valence-electron chi connectivity index (χ2n) is 5.50. The van der Waals surface area contributed by atoms with Gasteiger partial charge in [0.05, 0.1) is 28.7 Å². The van der Waals surface area contributed by atoms with Crippen molar-refractivity contribution in [3.63, 3.8) is 0 Å². The van der Waals surface area contributed by atoms with E-state index in [4.69, 9.17) is 4.74 Å². The predicted octanol–water partition coefficient (Wildman–Crippen LogP) is 1.83. The van der Waals surface area contributed by atoms with Crippen molar-refractivity contribution in [1.82, 2.24) is 9.13 Å². The maximum absolute atomic E-state index is 13.0. The molecular weight excluding hydrogens is 349 g/mol. The Morgan fingerprint density at radius 3 is 2.16 bits per heavy atom. The molecule has 2 aromatic carbocycles. The third-order valence-electron chi connectivity index (χ3n) is 3.96. The maximum atomic E-state index is 13.0. The van der Waals surface area contributed by atoms with Gasteiger partial charge in [0.25, 0.3) is 10.0 Å². The Kier molecular flexibility index (Phi) is 4.03. The molecule has 0 saturated heterocycles. The van der Waals surface area contributed by atoms with Crippen LogP contribution in [0.1, 0.15) is 0 Å². The summed E-state index contributed by atoms with van der Waals surface area (Å²) in [4.78, 5) is 12.0. The maximum Gasteiger partial charge on any atom is 0.328 e. The van der Waals surface area contributed by atoms with E-state index < -0.39 is 15.8 Å². The Bertz CT molecular complexity index is 1110. The van der Waals surface area contributed by atoms with Crippen molar-refractivity contribution in [2.45, 2.75) is 4.90 Å². The molecule has 0 saturated carbocycles. The van der Waals surface area contributed by atoms with E-state index >= 15 is 0 Å². The fourth-order valence-corrected chi connectivity index (χ4v) is 3.65. The van der Waals surface area contributed by atoms with Crippen LogP contribution < -0.4 is 15.1 Å². The Morgan fingerprint density at radius 1 is 1.04 bits per heavy atom. The first-order valence-corrected chi connectivity index (χ1v) is 8.75. The molecule has 0 bridgehead atoms. The number of aromatic nitrogens is 2. The molecule has 1 heterocycles. The van der Waals surface area contributed by atoms with Crippen LogP contribution in [-0.2, 0) is 24.1 Å². The average Bonchev–Trinajstić information content (AvgIpc) is 2.78. The van der Waals surface area contributed by atoms with Crippen LogP contribution in [0, 0.1) is 5.82 Å². The minimum absolute atomic E-state index is 0.0852. The Labute approximate surface area is 143 Å². The average molecular weight is 365 g/mol. The number of benzene rings is 2. The molecule has 0 atom stereocenters. The summed E-state index contributed by atoms with van der Waals surface area (Å²) < 4.78 is 48.5. The topological polar surface area (TPSA) is 82.3 Å². The number of methoxy groups -OCH3 is 1. The van der Waals surface area contributed by atoms with Crippen molar-refractivity contribution in [2.24, 2.45) is 14.1 Å². The van der Waals surface area contributed by atoms with Gasteiger partial charge in [0, 0.05) is 20.2 Å². The second kappa shape index (κ2) is 5.92. The highest BCUT2D eigenvalue weighted by molar-refractivity contribution is 7.92. The molecule has 0 aliphatic heterocycles. The summed E-state index contributed by atoms with van der Waals surface area (Å²) in [6.07, 6.45) is 0. The lowest BCUT2D eigenvalue weighted by Gasteiger charge is -2.12.